The summed E-state index contributed by atoms with van der Waals surface area (Å²) >= 11 is 6.82. The molecule has 2 saturated heterocycles. The van der Waals surface area contributed by atoms with Crippen LogP contribution in [0, 0.1) is 5.82 Å². The van der Waals surface area contributed by atoms with Gasteiger partial charge in [0.25, 0.3) is 5.91 Å². The number of piperidine rings is 1. The molecule has 0 aliphatic carbocycles. The lowest BCUT2D eigenvalue weighted by Crippen LogP contribution is -2.52. The number of rotatable bonds is 8. The largest absolute Gasteiger partial charge is 0.508 e. The number of nitrogens with zero attached hydrogens (tertiary/aromatic N) is 4. The third-order valence-corrected chi connectivity index (χ3v) is 10.4. The van der Waals surface area contributed by atoms with E-state index in [4.69, 9.17) is 16.6 Å². The number of halogens is 2. The van der Waals surface area contributed by atoms with Gasteiger partial charge in [-0.25, -0.2) is 14.2 Å². The van der Waals surface area contributed by atoms with Crippen LogP contribution in [-0.4, -0.2) is 82.1 Å². The van der Waals surface area contributed by atoms with E-state index < -0.39 is 30.0 Å². The van der Waals surface area contributed by atoms with Gasteiger partial charge in [-0.3, -0.25) is 19.7 Å². The summed E-state index contributed by atoms with van der Waals surface area (Å²) in [5, 5.41) is 26.9. The van der Waals surface area contributed by atoms with Crippen molar-refractivity contribution in [2.75, 3.05) is 36.4 Å². The standard InChI is InChI=1S/C39H37ClFN9O5/c1-20(45-39(55)43-18-21-6-7-26-23(14-21)19-50(37(26)54)30-8-9-31(52)46-36(30)53)44-38-47-34-28(35(48-38)49-12-10-42-11-13-49)17-29(40)32(33(34)41)27-16-24(51)15-22-4-2-3-5-25(22)27/h2-7,14-17,20,30,42,51H,8-13,18-19H2,1H3,(H2,43,45,55)(H,44,47,48)(H,46,52,53). The van der Waals surface area contributed by atoms with E-state index in [9.17, 15) is 24.3 Å². The minimum Gasteiger partial charge on any atom is -0.508 e. The maximum Gasteiger partial charge on any atom is 0.316 e. The summed E-state index contributed by atoms with van der Waals surface area (Å²) in [5.41, 5.74) is 2.50. The Morgan fingerprint density at radius 1 is 1.04 bits per heavy atom. The molecule has 4 heterocycles. The van der Waals surface area contributed by atoms with Crippen LogP contribution in [0.2, 0.25) is 5.02 Å². The van der Waals surface area contributed by atoms with Crippen LogP contribution < -0.4 is 31.5 Å². The van der Waals surface area contributed by atoms with E-state index in [-0.39, 0.29) is 65.5 Å². The number of phenols is 1. The number of hydrogen-bond acceptors (Lipinski definition) is 10. The molecule has 4 aromatic carbocycles. The second kappa shape index (κ2) is 14.6. The van der Waals surface area contributed by atoms with Gasteiger partial charge in [0.15, 0.2) is 5.82 Å². The van der Waals surface area contributed by atoms with Crippen LogP contribution in [0.1, 0.15) is 41.3 Å². The first kappa shape index (κ1) is 35.9. The molecule has 2 unspecified atom stereocenters. The highest BCUT2D eigenvalue weighted by Crippen LogP contribution is 2.42. The summed E-state index contributed by atoms with van der Waals surface area (Å²) in [6, 6.07) is 16.1. The summed E-state index contributed by atoms with van der Waals surface area (Å²) in [4.78, 5) is 62.9. The van der Waals surface area contributed by atoms with Crippen molar-refractivity contribution in [2.45, 2.75) is 45.1 Å². The number of piperazine rings is 1. The van der Waals surface area contributed by atoms with Crippen molar-refractivity contribution in [3.63, 3.8) is 0 Å². The van der Waals surface area contributed by atoms with Gasteiger partial charge in [0.2, 0.25) is 17.8 Å². The Hall–Kier alpha value is -6.06. The van der Waals surface area contributed by atoms with Crippen LogP contribution >= 0.6 is 11.6 Å². The average Bonchev–Trinajstić information content (AvgIpc) is 3.49. The third-order valence-electron chi connectivity index (χ3n) is 10.1. The first-order valence-electron chi connectivity index (χ1n) is 18.0. The fraction of sp³-hybridized carbons (Fsp3) is 0.282. The number of carbonyl (C=O) groups is 4. The number of urea groups is 1. The molecular weight excluding hydrogens is 729 g/mol. The maximum absolute atomic E-state index is 16.8. The van der Waals surface area contributed by atoms with Crippen molar-refractivity contribution in [2.24, 2.45) is 0 Å². The van der Waals surface area contributed by atoms with Gasteiger partial charge in [-0.15, -0.1) is 0 Å². The summed E-state index contributed by atoms with van der Waals surface area (Å²) in [6.07, 6.45) is -0.255. The summed E-state index contributed by atoms with van der Waals surface area (Å²) in [6.45, 7) is 4.71. The zero-order chi connectivity index (χ0) is 38.4. The van der Waals surface area contributed by atoms with Crippen LogP contribution in [0.15, 0.2) is 60.7 Å². The van der Waals surface area contributed by atoms with Crippen molar-refractivity contribution in [3.8, 4) is 16.9 Å². The van der Waals surface area contributed by atoms with Gasteiger partial charge < -0.3 is 36.2 Å². The van der Waals surface area contributed by atoms with Crippen molar-refractivity contribution < 1.29 is 28.7 Å². The topological polar surface area (TPSA) is 181 Å². The minimum absolute atomic E-state index is 0.0285. The van der Waals surface area contributed by atoms with Gasteiger partial charge in [-0.2, -0.15) is 4.98 Å². The fourth-order valence-corrected chi connectivity index (χ4v) is 7.80. The molecule has 14 nitrogen and oxygen atoms in total. The number of amides is 5. The molecule has 0 bridgehead atoms. The van der Waals surface area contributed by atoms with Crippen LogP contribution in [0.25, 0.3) is 32.8 Å². The number of imide groups is 1. The molecule has 3 aliphatic heterocycles. The number of aromatic hydroxyl groups is 1. The second-order valence-corrected chi connectivity index (χ2v) is 14.3. The summed E-state index contributed by atoms with van der Waals surface area (Å²) < 4.78 is 16.8. The summed E-state index contributed by atoms with van der Waals surface area (Å²) in [7, 11) is 0. The molecular formula is C39H37ClFN9O5. The molecule has 282 valence electrons. The number of phenolic OH excluding ortho intramolecular Hbond substituents is 1. The Morgan fingerprint density at radius 3 is 2.64 bits per heavy atom. The zero-order valence-corrected chi connectivity index (χ0v) is 30.5. The molecule has 0 spiro atoms. The lowest BCUT2D eigenvalue weighted by atomic mass is 9.96. The summed E-state index contributed by atoms with van der Waals surface area (Å²) in [5.74, 6) is -1.22. The molecule has 0 saturated carbocycles. The Kier molecular flexibility index (Phi) is 9.57. The van der Waals surface area contributed by atoms with Crippen LogP contribution in [0.4, 0.5) is 21.0 Å². The van der Waals surface area contributed by atoms with Crippen LogP contribution in [0.3, 0.4) is 0 Å². The average molecular weight is 766 g/mol. The number of anilines is 2. The van der Waals surface area contributed by atoms with Gasteiger partial charge in [-0.05, 0) is 65.1 Å². The normalized spacial score (nSPS) is 17.7. The molecule has 5 amide bonds. The predicted molar refractivity (Wildman–Crippen MR) is 205 cm³/mol. The van der Waals surface area contributed by atoms with E-state index in [2.05, 4.69) is 31.6 Å². The first-order chi connectivity index (χ1) is 26.5. The van der Waals surface area contributed by atoms with Gasteiger partial charge >= 0.3 is 6.03 Å². The number of hydrogen-bond donors (Lipinski definition) is 6. The lowest BCUT2D eigenvalue weighted by molar-refractivity contribution is -0.136. The minimum atomic E-state index is -0.714. The monoisotopic (exact) mass is 765 g/mol. The van der Waals surface area contributed by atoms with E-state index in [0.29, 0.717) is 53.9 Å². The molecule has 1 aromatic heterocycles. The van der Waals surface area contributed by atoms with E-state index in [1.54, 1.807) is 31.2 Å². The maximum atomic E-state index is 16.8. The van der Waals surface area contributed by atoms with E-state index in [0.717, 1.165) is 16.5 Å². The zero-order valence-electron chi connectivity index (χ0n) is 29.7. The Bertz CT molecular complexity index is 2410. The van der Waals surface area contributed by atoms with Gasteiger partial charge in [-0.1, -0.05) is 48.0 Å². The molecule has 8 rings (SSSR count). The number of fused-ring (bicyclic) bond motifs is 3. The van der Waals surface area contributed by atoms with Crippen molar-refractivity contribution in [1.82, 2.24) is 36.1 Å². The Balaban J connectivity index is 1.000. The highest BCUT2D eigenvalue weighted by atomic mass is 35.5. The number of nitrogens with one attached hydrogen (secondary N) is 5. The predicted octanol–water partition coefficient (Wildman–Crippen LogP) is 4.38. The fourth-order valence-electron chi connectivity index (χ4n) is 7.51. The van der Waals surface area contributed by atoms with Crippen molar-refractivity contribution in [1.29, 1.82) is 0 Å². The van der Waals surface area contributed by atoms with Crippen molar-refractivity contribution in [3.05, 3.63) is 88.2 Å². The second-order valence-electron chi connectivity index (χ2n) is 13.9. The molecule has 55 heavy (non-hydrogen) atoms. The molecule has 3 aliphatic rings. The highest BCUT2D eigenvalue weighted by molar-refractivity contribution is 6.35. The van der Waals surface area contributed by atoms with Gasteiger partial charge in [0, 0.05) is 62.2 Å². The number of aromatic nitrogens is 2. The quantitative estimate of drug-likeness (QED) is 0.0981. The molecule has 2 fully saturated rings. The van der Waals surface area contributed by atoms with Crippen molar-refractivity contribution >= 4 is 68.8 Å². The number of benzene rings is 4. The number of carbonyl (C=O) groups excluding carboxylic acids is 4. The van der Waals surface area contributed by atoms with E-state index in [1.165, 1.54) is 11.0 Å². The molecule has 0 radical (unpaired) electrons. The van der Waals surface area contributed by atoms with E-state index in [1.807, 2.05) is 35.2 Å². The molecule has 6 N–H and O–H groups in total. The first-order valence-corrected chi connectivity index (χ1v) is 18.4. The lowest BCUT2D eigenvalue weighted by Gasteiger charge is -2.30. The van der Waals surface area contributed by atoms with Crippen LogP contribution in [0.5, 0.6) is 5.75 Å². The SMILES string of the molecule is CC(NC(=O)NCc1ccc2c(c1)CN(C1CCC(=O)NC1=O)C2=O)Nc1nc(N2CCNCC2)c2cc(Cl)c(-c3cc(O)cc4ccccc34)c(F)c2n1. The molecule has 5 aromatic rings. The van der Waals surface area contributed by atoms with Gasteiger partial charge in [0.1, 0.15) is 29.3 Å². The van der Waals surface area contributed by atoms with E-state index >= 15 is 4.39 Å². The third kappa shape index (κ3) is 7.03. The molecule has 16 heteroatoms. The highest BCUT2D eigenvalue weighted by Gasteiger charge is 2.39. The van der Waals surface area contributed by atoms with Gasteiger partial charge in [0.05, 0.1) is 5.02 Å². The molecule has 2 atom stereocenters. The Morgan fingerprint density at radius 2 is 1.84 bits per heavy atom. The smallest absolute Gasteiger partial charge is 0.316 e. The Labute approximate surface area is 319 Å². The van der Waals surface area contributed by atoms with Crippen LogP contribution in [-0.2, 0) is 22.7 Å².